The summed E-state index contributed by atoms with van der Waals surface area (Å²) in [6.45, 7) is -0.122. The van der Waals surface area contributed by atoms with Gasteiger partial charge < -0.3 is 9.47 Å². The van der Waals surface area contributed by atoms with Gasteiger partial charge in [-0.3, -0.25) is 0 Å². The van der Waals surface area contributed by atoms with Gasteiger partial charge in [0.1, 0.15) is 22.3 Å². The van der Waals surface area contributed by atoms with Crippen molar-refractivity contribution in [1.82, 2.24) is 4.72 Å². The molecule has 0 saturated carbocycles. The maximum Gasteiger partial charge on any atom is 0.243 e. The Morgan fingerprint density at radius 1 is 1.12 bits per heavy atom. The summed E-state index contributed by atoms with van der Waals surface area (Å²) in [5.74, 6) is -1.41. The second-order valence-corrected chi connectivity index (χ2v) is 6.66. The Kier molecular flexibility index (Phi) is 5.87. The predicted molar refractivity (Wildman–Crippen MR) is 84.3 cm³/mol. The molecule has 0 bridgehead atoms. The van der Waals surface area contributed by atoms with Crippen LogP contribution in [0, 0.1) is 11.6 Å². The van der Waals surface area contributed by atoms with E-state index in [1.54, 1.807) is 24.3 Å². The summed E-state index contributed by atoms with van der Waals surface area (Å²) >= 11 is 0. The van der Waals surface area contributed by atoms with Crippen molar-refractivity contribution in [1.29, 1.82) is 0 Å². The third-order valence-electron chi connectivity index (χ3n) is 3.39. The van der Waals surface area contributed by atoms with Crippen molar-refractivity contribution in [2.75, 3.05) is 20.8 Å². The van der Waals surface area contributed by atoms with E-state index in [4.69, 9.17) is 9.47 Å². The van der Waals surface area contributed by atoms with Crippen LogP contribution in [0.1, 0.15) is 11.7 Å². The van der Waals surface area contributed by atoms with Crippen LogP contribution < -0.4 is 9.46 Å². The first-order valence-corrected chi connectivity index (χ1v) is 8.47. The average molecular weight is 357 g/mol. The zero-order chi connectivity index (χ0) is 17.7. The SMILES string of the molecule is COc1cccc(C(CNS(=O)(=O)c2ccc(F)cc2F)OC)c1. The molecule has 1 unspecified atom stereocenters. The Balaban J connectivity index is 2.17. The Morgan fingerprint density at radius 2 is 1.88 bits per heavy atom. The maximum absolute atomic E-state index is 13.7. The number of benzene rings is 2. The molecule has 0 aliphatic heterocycles. The second kappa shape index (κ2) is 7.69. The van der Waals surface area contributed by atoms with Crippen molar-refractivity contribution < 1.29 is 26.7 Å². The average Bonchev–Trinajstić information content (AvgIpc) is 2.55. The summed E-state index contributed by atoms with van der Waals surface area (Å²) in [5.41, 5.74) is 0.694. The van der Waals surface area contributed by atoms with E-state index < -0.39 is 32.7 Å². The van der Waals surface area contributed by atoms with Crippen LogP contribution in [0.2, 0.25) is 0 Å². The number of sulfonamides is 1. The maximum atomic E-state index is 13.7. The summed E-state index contributed by atoms with van der Waals surface area (Å²) in [4.78, 5) is -0.621. The molecule has 0 aliphatic carbocycles. The zero-order valence-electron chi connectivity index (χ0n) is 13.1. The molecule has 1 atom stereocenters. The molecule has 5 nitrogen and oxygen atoms in total. The van der Waals surface area contributed by atoms with E-state index in [1.165, 1.54) is 14.2 Å². The van der Waals surface area contributed by atoms with Crippen LogP contribution in [-0.2, 0) is 14.8 Å². The van der Waals surface area contributed by atoms with E-state index in [1.807, 2.05) is 0 Å². The van der Waals surface area contributed by atoms with Gasteiger partial charge in [0.15, 0.2) is 0 Å². The number of ether oxygens (including phenoxy) is 2. The van der Waals surface area contributed by atoms with Crippen LogP contribution in [-0.4, -0.2) is 29.2 Å². The highest BCUT2D eigenvalue weighted by molar-refractivity contribution is 7.89. The van der Waals surface area contributed by atoms with Crippen molar-refractivity contribution in [3.05, 3.63) is 59.7 Å². The van der Waals surface area contributed by atoms with Gasteiger partial charge in [0.05, 0.1) is 13.2 Å². The lowest BCUT2D eigenvalue weighted by Crippen LogP contribution is -2.30. The third kappa shape index (κ3) is 4.28. The fourth-order valence-electron chi connectivity index (χ4n) is 2.14. The lowest BCUT2D eigenvalue weighted by atomic mass is 10.1. The predicted octanol–water partition coefficient (Wildman–Crippen LogP) is 2.64. The minimum absolute atomic E-state index is 0.122. The minimum Gasteiger partial charge on any atom is -0.497 e. The van der Waals surface area contributed by atoms with Gasteiger partial charge in [-0.05, 0) is 29.8 Å². The van der Waals surface area contributed by atoms with E-state index in [2.05, 4.69) is 4.72 Å². The van der Waals surface area contributed by atoms with Crippen LogP contribution in [0.15, 0.2) is 47.4 Å². The number of rotatable bonds is 7. The van der Waals surface area contributed by atoms with Gasteiger partial charge in [-0.25, -0.2) is 21.9 Å². The number of nitrogens with one attached hydrogen (secondary N) is 1. The first-order chi connectivity index (χ1) is 11.4. The molecule has 0 radical (unpaired) electrons. The summed E-state index contributed by atoms with van der Waals surface area (Å²) in [6, 6.07) is 9.23. The van der Waals surface area contributed by atoms with Crippen LogP contribution in [0.5, 0.6) is 5.75 Å². The highest BCUT2D eigenvalue weighted by Crippen LogP contribution is 2.22. The van der Waals surface area contributed by atoms with Crippen molar-refractivity contribution in [3.8, 4) is 5.75 Å². The van der Waals surface area contributed by atoms with Crippen LogP contribution in [0.4, 0.5) is 8.78 Å². The molecule has 0 aliphatic rings. The van der Waals surface area contributed by atoms with Crippen molar-refractivity contribution in [2.24, 2.45) is 0 Å². The molecule has 2 aromatic rings. The molecule has 0 amide bonds. The van der Waals surface area contributed by atoms with Gasteiger partial charge in [-0.1, -0.05) is 12.1 Å². The minimum atomic E-state index is -4.14. The Morgan fingerprint density at radius 3 is 2.50 bits per heavy atom. The largest absolute Gasteiger partial charge is 0.497 e. The molecule has 0 aromatic heterocycles. The molecule has 8 heteroatoms. The number of halogens is 2. The van der Waals surface area contributed by atoms with E-state index in [-0.39, 0.29) is 6.54 Å². The van der Waals surface area contributed by atoms with Crippen molar-refractivity contribution in [2.45, 2.75) is 11.0 Å². The van der Waals surface area contributed by atoms with E-state index in [0.717, 1.165) is 12.1 Å². The molecule has 0 spiro atoms. The third-order valence-corrected chi connectivity index (χ3v) is 4.85. The molecule has 2 aromatic carbocycles. The highest BCUT2D eigenvalue weighted by Gasteiger charge is 2.22. The number of hydrogen-bond donors (Lipinski definition) is 1. The van der Waals surface area contributed by atoms with Crippen LogP contribution >= 0.6 is 0 Å². The quantitative estimate of drug-likeness (QED) is 0.827. The van der Waals surface area contributed by atoms with Gasteiger partial charge in [-0.2, -0.15) is 0 Å². The van der Waals surface area contributed by atoms with Gasteiger partial charge >= 0.3 is 0 Å². The normalized spacial score (nSPS) is 12.8. The molecule has 24 heavy (non-hydrogen) atoms. The lowest BCUT2D eigenvalue weighted by Gasteiger charge is -2.17. The summed E-state index contributed by atoms with van der Waals surface area (Å²) in [7, 11) is -1.20. The van der Waals surface area contributed by atoms with Gasteiger partial charge in [0, 0.05) is 19.7 Å². The number of hydrogen-bond acceptors (Lipinski definition) is 4. The molecular formula is C16H17F2NO4S. The summed E-state index contributed by atoms with van der Waals surface area (Å²) in [5, 5.41) is 0. The fourth-order valence-corrected chi connectivity index (χ4v) is 3.22. The zero-order valence-corrected chi connectivity index (χ0v) is 13.9. The monoisotopic (exact) mass is 357 g/mol. The topological polar surface area (TPSA) is 64.6 Å². The van der Waals surface area contributed by atoms with Gasteiger partial charge in [-0.15, -0.1) is 0 Å². The van der Waals surface area contributed by atoms with Crippen molar-refractivity contribution in [3.63, 3.8) is 0 Å². The van der Waals surface area contributed by atoms with Crippen molar-refractivity contribution >= 4 is 10.0 Å². The standard InChI is InChI=1S/C16H17F2NO4S/c1-22-13-5-3-4-11(8-13)15(23-2)10-19-24(20,21)16-7-6-12(17)9-14(16)18/h3-9,15,19H,10H2,1-2H3. The Labute approximate surface area is 139 Å². The lowest BCUT2D eigenvalue weighted by molar-refractivity contribution is 0.107. The van der Waals surface area contributed by atoms with Crippen LogP contribution in [0.3, 0.4) is 0 Å². The molecular weight excluding hydrogens is 340 g/mol. The summed E-state index contributed by atoms with van der Waals surface area (Å²) in [6.07, 6.45) is -0.599. The second-order valence-electron chi connectivity index (χ2n) is 4.93. The van der Waals surface area contributed by atoms with E-state index in [9.17, 15) is 17.2 Å². The summed E-state index contributed by atoms with van der Waals surface area (Å²) < 4.78 is 63.6. The molecule has 0 fully saturated rings. The van der Waals surface area contributed by atoms with Crippen LogP contribution in [0.25, 0.3) is 0 Å². The van der Waals surface area contributed by atoms with Gasteiger partial charge in [0.2, 0.25) is 10.0 Å². The first kappa shape index (κ1) is 18.3. The Bertz CT molecular complexity index is 811. The molecule has 0 heterocycles. The van der Waals surface area contributed by atoms with E-state index >= 15 is 0 Å². The van der Waals surface area contributed by atoms with E-state index in [0.29, 0.717) is 17.4 Å². The molecule has 130 valence electrons. The highest BCUT2D eigenvalue weighted by atomic mass is 32.2. The Hall–Kier alpha value is -2.03. The smallest absolute Gasteiger partial charge is 0.243 e. The molecule has 0 saturated heterocycles. The molecule has 2 rings (SSSR count). The molecule has 1 N–H and O–H groups in total. The van der Waals surface area contributed by atoms with Gasteiger partial charge in [0.25, 0.3) is 0 Å². The fraction of sp³-hybridized carbons (Fsp3) is 0.250. The first-order valence-electron chi connectivity index (χ1n) is 6.99. The number of methoxy groups -OCH3 is 2.